The molecule has 0 aliphatic carbocycles. The molecule has 6 nitrogen and oxygen atoms in total. The van der Waals surface area contributed by atoms with Crippen molar-refractivity contribution >= 4 is 28.8 Å². The molecule has 0 bridgehead atoms. The summed E-state index contributed by atoms with van der Waals surface area (Å²) in [5, 5.41) is 7.18. The fourth-order valence-corrected chi connectivity index (χ4v) is 2.94. The third-order valence-electron chi connectivity index (χ3n) is 3.28. The zero-order valence-electron chi connectivity index (χ0n) is 13.4. The summed E-state index contributed by atoms with van der Waals surface area (Å²) >= 11 is 1.35. The Morgan fingerprint density at radius 3 is 2.39 bits per heavy atom. The van der Waals surface area contributed by atoms with E-state index in [1.165, 1.54) is 32.6 Å². The van der Waals surface area contributed by atoms with Gasteiger partial charge in [-0.05, 0) is 36.1 Å². The van der Waals surface area contributed by atoms with Gasteiger partial charge in [0.05, 0.1) is 24.8 Å². The molecule has 0 saturated carbocycles. The third kappa shape index (κ3) is 3.45. The highest BCUT2D eigenvalue weighted by molar-refractivity contribution is 7.12. The van der Waals surface area contributed by atoms with Gasteiger partial charge in [0, 0.05) is 12.6 Å². The quantitative estimate of drug-likeness (QED) is 0.881. The molecule has 1 heterocycles. The number of hydrogen-bond acceptors (Lipinski definition) is 5. The fourth-order valence-electron chi connectivity index (χ4n) is 2.12. The van der Waals surface area contributed by atoms with E-state index in [1.54, 1.807) is 12.1 Å². The van der Waals surface area contributed by atoms with Crippen LogP contribution in [0.5, 0.6) is 11.5 Å². The van der Waals surface area contributed by atoms with E-state index in [-0.39, 0.29) is 11.8 Å². The second-order valence-corrected chi connectivity index (χ2v) is 5.64. The van der Waals surface area contributed by atoms with Gasteiger partial charge in [-0.1, -0.05) is 0 Å². The molecule has 2 amide bonds. The van der Waals surface area contributed by atoms with E-state index in [9.17, 15) is 9.59 Å². The minimum Gasteiger partial charge on any atom is -0.493 e. The highest BCUT2D eigenvalue weighted by Gasteiger charge is 2.19. The lowest BCUT2D eigenvalue weighted by atomic mass is 10.1. The maximum Gasteiger partial charge on any atom is 0.266 e. The van der Waals surface area contributed by atoms with Crippen LogP contribution in [0.25, 0.3) is 0 Å². The van der Waals surface area contributed by atoms with E-state index in [0.29, 0.717) is 27.6 Å². The first-order chi connectivity index (χ1) is 11.0. The highest BCUT2D eigenvalue weighted by Crippen LogP contribution is 2.37. The molecule has 1 aromatic heterocycles. The summed E-state index contributed by atoms with van der Waals surface area (Å²) in [5.74, 6) is 0.190. The summed E-state index contributed by atoms with van der Waals surface area (Å²) in [5.41, 5.74) is 1.63. The molecular formula is C16H18N2O4S. The summed E-state index contributed by atoms with van der Waals surface area (Å²) in [4.78, 5) is 24.9. The second-order valence-electron chi connectivity index (χ2n) is 4.73. The molecule has 0 atom stereocenters. The summed E-state index contributed by atoms with van der Waals surface area (Å²) < 4.78 is 10.6. The largest absolute Gasteiger partial charge is 0.493 e. The predicted octanol–water partition coefficient (Wildman–Crippen LogP) is 2.69. The fraction of sp³-hybridized carbons (Fsp3) is 0.250. The van der Waals surface area contributed by atoms with Gasteiger partial charge in [-0.3, -0.25) is 9.59 Å². The van der Waals surface area contributed by atoms with Gasteiger partial charge in [-0.25, -0.2) is 0 Å². The first kappa shape index (κ1) is 16.8. The Hall–Kier alpha value is -2.54. The van der Waals surface area contributed by atoms with Crippen molar-refractivity contribution in [3.63, 3.8) is 0 Å². The molecule has 0 spiro atoms. The Labute approximate surface area is 138 Å². The summed E-state index contributed by atoms with van der Waals surface area (Å²) in [6, 6.07) is 4.99. The number of nitrogens with one attached hydrogen (secondary N) is 2. The lowest BCUT2D eigenvalue weighted by Gasteiger charge is -2.15. The van der Waals surface area contributed by atoms with Gasteiger partial charge in [0.25, 0.3) is 11.8 Å². The van der Waals surface area contributed by atoms with Crippen molar-refractivity contribution in [3.8, 4) is 11.5 Å². The van der Waals surface area contributed by atoms with Crippen LogP contribution in [-0.2, 0) is 0 Å². The van der Waals surface area contributed by atoms with Crippen molar-refractivity contribution in [2.45, 2.75) is 6.92 Å². The normalized spacial score (nSPS) is 10.1. The molecule has 0 fully saturated rings. The molecule has 0 radical (unpaired) electrons. The zero-order chi connectivity index (χ0) is 17.0. The van der Waals surface area contributed by atoms with Gasteiger partial charge in [-0.2, -0.15) is 0 Å². The number of carbonyl (C=O) groups is 2. The first-order valence-corrected chi connectivity index (χ1v) is 7.73. The minimum atomic E-state index is -0.284. The van der Waals surface area contributed by atoms with Crippen molar-refractivity contribution in [2.75, 3.05) is 26.6 Å². The first-order valence-electron chi connectivity index (χ1n) is 6.85. The van der Waals surface area contributed by atoms with Crippen LogP contribution in [0.1, 0.15) is 25.6 Å². The standard InChI is InChI=1S/C16H18N2O4S/c1-9-5-6-23-14(9)16(20)18-11-7-10(15(19)17-2)8-12(21-3)13(11)22-4/h5-8H,1-4H3,(H,17,19)(H,18,20). The maximum atomic E-state index is 12.4. The SMILES string of the molecule is CNC(=O)c1cc(NC(=O)c2sccc2C)c(OC)c(OC)c1. The van der Waals surface area contributed by atoms with Crippen molar-refractivity contribution in [1.29, 1.82) is 0 Å². The van der Waals surface area contributed by atoms with Gasteiger partial charge in [0.15, 0.2) is 11.5 Å². The van der Waals surface area contributed by atoms with Gasteiger partial charge < -0.3 is 20.1 Å². The summed E-state index contributed by atoms with van der Waals surface area (Å²) in [7, 11) is 4.48. The van der Waals surface area contributed by atoms with E-state index < -0.39 is 0 Å². The number of amides is 2. The van der Waals surface area contributed by atoms with Crippen LogP contribution >= 0.6 is 11.3 Å². The Morgan fingerprint density at radius 2 is 1.87 bits per heavy atom. The molecule has 0 saturated heterocycles. The predicted molar refractivity (Wildman–Crippen MR) is 89.9 cm³/mol. The van der Waals surface area contributed by atoms with E-state index in [2.05, 4.69) is 10.6 Å². The number of thiophene rings is 1. The topological polar surface area (TPSA) is 76.7 Å². The zero-order valence-corrected chi connectivity index (χ0v) is 14.2. The molecule has 2 N–H and O–H groups in total. The van der Waals surface area contributed by atoms with E-state index in [0.717, 1.165) is 5.56 Å². The van der Waals surface area contributed by atoms with Crippen LogP contribution < -0.4 is 20.1 Å². The molecule has 122 valence electrons. The Kier molecular flexibility index (Phi) is 5.23. The van der Waals surface area contributed by atoms with Crippen LogP contribution in [0.15, 0.2) is 23.6 Å². The van der Waals surface area contributed by atoms with Gasteiger partial charge in [0.1, 0.15) is 0 Å². The number of benzene rings is 1. The van der Waals surface area contributed by atoms with Crippen LogP contribution in [0.4, 0.5) is 5.69 Å². The van der Waals surface area contributed by atoms with E-state index in [4.69, 9.17) is 9.47 Å². The summed E-state index contributed by atoms with van der Waals surface area (Å²) in [6.07, 6.45) is 0. The molecule has 7 heteroatoms. The highest BCUT2D eigenvalue weighted by atomic mass is 32.1. The van der Waals surface area contributed by atoms with Crippen LogP contribution in [0.3, 0.4) is 0 Å². The Bertz CT molecular complexity index is 740. The smallest absolute Gasteiger partial charge is 0.266 e. The lowest BCUT2D eigenvalue weighted by molar-refractivity contribution is 0.0961. The van der Waals surface area contributed by atoms with Gasteiger partial charge in [-0.15, -0.1) is 11.3 Å². The van der Waals surface area contributed by atoms with Crippen molar-refractivity contribution in [1.82, 2.24) is 5.32 Å². The third-order valence-corrected chi connectivity index (χ3v) is 4.30. The van der Waals surface area contributed by atoms with E-state index in [1.807, 2.05) is 18.4 Å². The van der Waals surface area contributed by atoms with Gasteiger partial charge in [0.2, 0.25) is 0 Å². The number of ether oxygens (including phenoxy) is 2. The summed E-state index contributed by atoms with van der Waals surface area (Å²) in [6.45, 7) is 1.87. The molecule has 2 rings (SSSR count). The van der Waals surface area contributed by atoms with E-state index >= 15 is 0 Å². The lowest BCUT2D eigenvalue weighted by Crippen LogP contribution is -2.19. The molecule has 23 heavy (non-hydrogen) atoms. The number of anilines is 1. The van der Waals surface area contributed by atoms with Crippen LogP contribution in [0.2, 0.25) is 0 Å². The Balaban J connectivity index is 2.45. The van der Waals surface area contributed by atoms with Crippen molar-refractivity contribution in [2.24, 2.45) is 0 Å². The molecule has 0 aliphatic heterocycles. The molecular weight excluding hydrogens is 316 g/mol. The minimum absolute atomic E-state index is 0.257. The molecule has 2 aromatic rings. The number of methoxy groups -OCH3 is 2. The van der Waals surface area contributed by atoms with Gasteiger partial charge >= 0.3 is 0 Å². The number of carbonyl (C=O) groups excluding carboxylic acids is 2. The Morgan fingerprint density at radius 1 is 1.13 bits per heavy atom. The average molecular weight is 334 g/mol. The van der Waals surface area contributed by atoms with Crippen LogP contribution in [0, 0.1) is 6.92 Å². The van der Waals surface area contributed by atoms with Crippen LogP contribution in [-0.4, -0.2) is 33.1 Å². The molecule has 1 aromatic carbocycles. The molecule has 0 unspecified atom stereocenters. The number of aryl methyl sites for hydroxylation is 1. The second kappa shape index (κ2) is 7.15. The number of hydrogen-bond donors (Lipinski definition) is 2. The molecule has 0 aliphatic rings. The average Bonchev–Trinajstić information content (AvgIpc) is 2.99. The van der Waals surface area contributed by atoms with Crippen molar-refractivity contribution in [3.05, 3.63) is 39.6 Å². The monoisotopic (exact) mass is 334 g/mol. The van der Waals surface area contributed by atoms with Crippen molar-refractivity contribution < 1.29 is 19.1 Å². The maximum absolute atomic E-state index is 12.4. The number of rotatable bonds is 5.